The Bertz CT molecular complexity index is 412. The van der Waals surface area contributed by atoms with Gasteiger partial charge in [-0.1, -0.05) is 12.1 Å². The van der Waals surface area contributed by atoms with E-state index in [0.29, 0.717) is 6.04 Å². The van der Waals surface area contributed by atoms with Gasteiger partial charge >= 0.3 is 0 Å². The molecule has 0 bridgehead atoms. The lowest BCUT2D eigenvalue weighted by molar-refractivity contribution is -0.130. The van der Waals surface area contributed by atoms with Gasteiger partial charge in [-0.15, -0.1) is 0 Å². The number of amides is 1. The summed E-state index contributed by atoms with van der Waals surface area (Å²) >= 11 is 2.34. The fraction of sp³-hybridized carbons (Fsp3) is 0.462. The Morgan fingerprint density at radius 3 is 2.75 bits per heavy atom. The minimum atomic E-state index is 0.195. The third-order valence-corrected chi connectivity index (χ3v) is 4.28. The van der Waals surface area contributed by atoms with Crippen molar-refractivity contribution in [3.05, 3.63) is 32.9 Å². The molecule has 0 saturated heterocycles. The van der Waals surface area contributed by atoms with E-state index in [2.05, 4.69) is 47.7 Å². The number of carbonyl (C=O) groups is 1. The van der Waals surface area contributed by atoms with Gasteiger partial charge in [0.05, 0.1) is 0 Å². The SMILES string of the molecule is CC(=O)N(Cc1cccc(I)c1C)C1CC1. The van der Waals surface area contributed by atoms with Gasteiger partial charge in [0.1, 0.15) is 0 Å². The first-order valence-corrected chi connectivity index (χ1v) is 6.68. The summed E-state index contributed by atoms with van der Waals surface area (Å²) in [4.78, 5) is 13.5. The van der Waals surface area contributed by atoms with Crippen LogP contribution in [0.25, 0.3) is 0 Å². The second-order valence-electron chi connectivity index (χ2n) is 4.40. The molecule has 3 heteroatoms. The summed E-state index contributed by atoms with van der Waals surface area (Å²) in [6.07, 6.45) is 2.34. The van der Waals surface area contributed by atoms with Crippen molar-refractivity contribution in [1.29, 1.82) is 0 Å². The number of rotatable bonds is 3. The molecule has 86 valence electrons. The number of hydrogen-bond acceptors (Lipinski definition) is 1. The molecule has 0 unspecified atom stereocenters. The number of nitrogens with zero attached hydrogens (tertiary/aromatic N) is 1. The van der Waals surface area contributed by atoms with Gasteiger partial charge in [-0.05, 0) is 59.5 Å². The van der Waals surface area contributed by atoms with Crippen molar-refractivity contribution in [3.63, 3.8) is 0 Å². The fourth-order valence-electron chi connectivity index (χ4n) is 1.89. The topological polar surface area (TPSA) is 20.3 Å². The van der Waals surface area contributed by atoms with Crippen molar-refractivity contribution in [3.8, 4) is 0 Å². The van der Waals surface area contributed by atoms with Crippen molar-refractivity contribution in [2.45, 2.75) is 39.3 Å². The second kappa shape index (κ2) is 4.73. The minimum absolute atomic E-state index is 0.195. The number of carbonyl (C=O) groups excluding carboxylic acids is 1. The second-order valence-corrected chi connectivity index (χ2v) is 5.56. The van der Waals surface area contributed by atoms with Crippen molar-refractivity contribution in [1.82, 2.24) is 4.90 Å². The van der Waals surface area contributed by atoms with Gasteiger partial charge in [-0.2, -0.15) is 0 Å². The lowest BCUT2D eigenvalue weighted by atomic mass is 10.1. The molecule has 1 aromatic rings. The van der Waals surface area contributed by atoms with Crippen molar-refractivity contribution in [2.24, 2.45) is 0 Å². The van der Waals surface area contributed by atoms with Crippen LogP contribution in [0, 0.1) is 10.5 Å². The molecule has 1 aliphatic carbocycles. The zero-order chi connectivity index (χ0) is 11.7. The summed E-state index contributed by atoms with van der Waals surface area (Å²) in [6.45, 7) is 4.56. The highest BCUT2D eigenvalue weighted by Crippen LogP contribution is 2.29. The van der Waals surface area contributed by atoms with E-state index >= 15 is 0 Å². The Labute approximate surface area is 110 Å². The van der Waals surface area contributed by atoms with Gasteiger partial charge in [-0.3, -0.25) is 4.79 Å². The van der Waals surface area contributed by atoms with Crippen molar-refractivity contribution < 1.29 is 4.79 Å². The molecule has 16 heavy (non-hydrogen) atoms. The molecule has 0 N–H and O–H groups in total. The van der Waals surface area contributed by atoms with Gasteiger partial charge in [0.15, 0.2) is 0 Å². The quantitative estimate of drug-likeness (QED) is 0.781. The Hall–Kier alpha value is -0.580. The highest BCUT2D eigenvalue weighted by Gasteiger charge is 2.30. The Kier molecular flexibility index (Phi) is 3.52. The average molecular weight is 329 g/mol. The van der Waals surface area contributed by atoms with Crippen LogP contribution in [-0.2, 0) is 11.3 Å². The zero-order valence-electron chi connectivity index (χ0n) is 9.66. The lowest BCUT2D eigenvalue weighted by Crippen LogP contribution is -2.30. The molecule has 1 fully saturated rings. The predicted octanol–water partition coefficient (Wildman–Crippen LogP) is 3.11. The molecule has 1 saturated carbocycles. The van der Waals surface area contributed by atoms with Crippen molar-refractivity contribution in [2.75, 3.05) is 0 Å². The van der Waals surface area contributed by atoms with E-state index in [4.69, 9.17) is 0 Å². The third-order valence-electron chi connectivity index (χ3n) is 3.11. The maximum Gasteiger partial charge on any atom is 0.219 e. The van der Waals surface area contributed by atoms with E-state index in [-0.39, 0.29) is 5.91 Å². The van der Waals surface area contributed by atoms with E-state index in [1.807, 2.05) is 4.90 Å². The summed E-state index contributed by atoms with van der Waals surface area (Å²) in [5.41, 5.74) is 2.57. The van der Waals surface area contributed by atoms with Gasteiger partial charge in [0.2, 0.25) is 5.91 Å². The van der Waals surface area contributed by atoms with Crippen LogP contribution in [0.2, 0.25) is 0 Å². The zero-order valence-corrected chi connectivity index (χ0v) is 11.8. The van der Waals surface area contributed by atoms with Crippen LogP contribution in [0.3, 0.4) is 0 Å². The predicted molar refractivity (Wildman–Crippen MR) is 73.1 cm³/mol. The molecule has 1 amide bonds. The highest BCUT2D eigenvalue weighted by atomic mass is 127. The summed E-state index contributed by atoms with van der Waals surface area (Å²) in [7, 11) is 0. The molecule has 0 radical (unpaired) electrons. The van der Waals surface area contributed by atoms with Crippen LogP contribution >= 0.6 is 22.6 Å². The first kappa shape index (κ1) is 11.9. The normalized spacial score (nSPS) is 14.9. The molecule has 0 atom stereocenters. The lowest BCUT2D eigenvalue weighted by Gasteiger charge is -2.22. The molecule has 0 spiro atoms. The molecule has 1 aromatic carbocycles. The fourth-order valence-corrected chi connectivity index (χ4v) is 2.44. The number of benzene rings is 1. The first-order valence-electron chi connectivity index (χ1n) is 5.61. The van der Waals surface area contributed by atoms with E-state index in [1.165, 1.54) is 27.5 Å². The summed E-state index contributed by atoms with van der Waals surface area (Å²) < 4.78 is 1.27. The average Bonchev–Trinajstić information content (AvgIpc) is 3.03. The van der Waals surface area contributed by atoms with Crippen LogP contribution < -0.4 is 0 Å². The number of hydrogen-bond donors (Lipinski definition) is 0. The summed E-state index contributed by atoms with van der Waals surface area (Å²) in [5, 5.41) is 0. The molecular formula is C13H16INO. The van der Waals surface area contributed by atoms with Crippen LogP contribution in [0.5, 0.6) is 0 Å². The smallest absolute Gasteiger partial charge is 0.219 e. The Morgan fingerprint density at radius 1 is 1.50 bits per heavy atom. The summed E-state index contributed by atoms with van der Waals surface area (Å²) in [5.74, 6) is 0.195. The molecule has 1 aliphatic rings. The van der Waals surface area contributed by atoms with Gasteiger partial charge in [0, 0.05) is 23.1 Å². The Morgan fingerprint density at radius 2 is 2.19 bits per heavy atom. The largest absolute Gasteiger partial charge is 0.336 e. The molecule has 0 heterocycles. The maximum atomic E-state index is 11.6. The highest BCUT2D eigenvalue weighted by molar-refractivity contribution is 14.1. The van der Waals surface area contributed by atoms with E-state index in [0.717, 1.165) is 6.54 Å². The molecule has 2 rings (SSSR count). The van der Waals surface area contributed by atoms with Crippen LogP contribution in [0.15, 0.2) is 18.2 Å². The monoisotopic (exact) mass is 329 g/mol. The Balaban J connectivity index is 2.18. The maximum absolute atomic E-state index is 11.6. The molecule has 0 aromatic heterocycles. The molecule has 0 aliphatic heterocycles. The van der Waals surface area contributed by atoms with Crippen LogP contribution in [0.1, 0.15) is 30.9 Å². The van der Waals surface area contributed by atoms with Gasteiger partial charge < -0.3 is 4.90 Å². The van der Waals surface area contributed by atoms with E-state index < -0.39 is 0 Å². The first-order chi connectivity index (χ1) is 7.59. The molecular weight excluding hydrogens is 313 g/mol. The van der Waals surface area contributed by atoms with Crippen molar-refractivity contribution >= 4 is 28.5 Å². The van der Waals surface area contributed by atoms with Gasteiger partial charge in [-0.25, -0.2) is 0 Å². The molecule has 2 nitrogen and oxygen atoms in total. The standard InChI is InChI=1S/C13H16INO/c1-9-11(4-3-5-13(9)14)8-15(10(2)16)12-6-7-12/h3-5,12H,6-8H2,1-2H3. The van der Waals surface area contributed by atoms with Crippen LogP contribution in [0.4, 0.5) is 0 Å². The van der Waals surface area contributed by atoms with Crippen LogP contribution in [-0.4, -0.2) is 16.8 Å². The van der Waals surface area contributed by atoms with Gasteiger partial charge in [0.25, 0.3) is 0 Å². The summed E-state index contributed by atoms with van der Waals surface area (Å²) in [6, 6.07) is 6.79. The third kappa shape index (κ3) is 2.56. The number of halogens is 1. The van der Waals surface area contributed by atoms with E-state index in [9.17, 15) is 4.79 Å². The minimum Gasteiger partial charge on any atom is -0.336 e. The van der Waals surface area contributed by atoms with E-state index in [1.54, 1.807) is 6.92 Å².